The highest BCUT2D eigenvalue weighted by Gasteiger charge is 2.35. The number of rotatable bonds is 5. The van der Waals surface area contributed by atoms with Crippen LogP contribution in [0.4, 0.5) is 19.0 Å². The number of likely N-dealkylation sites (tertiary alicyclic amines) is 1. The van der Waals surface area contributed by atoms with Gasteiger partial charge in [0.1, 0.15) is 11.4 Å². The Morgan fingerprint density at radius 1 is 1.30 bits per heavy atom. The number of halogens is 4. The highest BCUT2D eigenvalue weighted by molar-refractivity contribution is 6.28. The maximum atomic E-state index is 12.8. The smallest absolute Gasteiger partial charge is 0.369 e. The number of hydrogen-bond acceptors (Lipinski definition) is 4. The van der Waals surface area contributed by atoms with Crippen molar-refractivity contribution < 1.29 is 13.2 Å². The maximum absolute atomic E-state index is 12.8. The summed E-state index contributed by atoms with van der Waals surface area (Å²) in [6.45, 7) is 3.46. The summed E-state index contributed by atoms with van der Waals surface area (Å²) in [6, 6.07) is 0. The summed E-state index contributed by atoms with van der Waals surface area (Å²) in [5.41, 5.74) is -0.886. The third-order valence-corrected chi connectivity index (χ3v) is 3.39. The van der Waals surface area contributed by atoms with Crippen molar-refractivity contribution in [1.82, 2.24) is 14.9 Å². The molecule has 4 nitrogen and oxygen atoms in total. The van der Waals surface area contributed by atoms with Crippen molar-refractivity contribution in [3.8, 4) is 0 Å². The third kappa shape index (κ3) is 4.21. The molecule has 0 aliphatic carbocycles. The van der Waals surface area contributed by atoms with Crippen LogP contribution in [0.2, 0.25) is 5.28 Å². The average Bonchev–Trinajstić information content (AvgIpc) is 2.86. The molecule has 0 spiro atoms. The molecule has 112 valence electrons. The molecule has 1 saturated heterocycles. The van der Waals surface area contributed by atoms with Crippen molar-refractivity contribution in [1.29, 1.82) is 0 Å². The van der Waals surface area contributed by atoms with Crippen LogP contribution in [0.1, 0.15) is 24.8 Å². The van der Waals surface area contributed by atoms with Gasteiger partial charge in [-0.1, -0.05) is 0 Å². The minimum absolute atomic E-state index is 0.194. The number of aromatic nitrogens is 2. The van der Waals surface area contributed by atoms with Gasteiger partial charge in [-0.3, -0.25) is 0 Å². The maximum Gasteiger partial charge on any atom is 0.421 e. The van der Waals surface area contributed by atoms with Crippen molar-refractivity contribution >= 4 is 17.4 Å². The van der Waals surface area contributed by atoms with Gasteiger partial charge in [-0.05, 0) is 50.5 Å². The first kappa shape index (κ1) is 15.3. The van der Waals surface area contributed by atoms with E-state index < -0.39 is 11.7 Å². The van der Waals surface area contributed by atoms with Crippen molar-refractivity contribution in [2.75, 3.05) is 31.5 Å². The number of nitrogens with one attached hydrogen (secondary N) is 1. The Bertz CT molecular complexity index is 447. The minimum atomic E-state index is -4.48. The molecular weight excluding hydrogens is 293 g/mol. The molecule has 1 fully saturated rings. The molecule has 0 radical (unpaired) electrons. The van der Waals surface area contributed by atoms with Gasteiger partial charge in [-0.2, -0.15) is 13.2 Å². The molecule has 0 atom stereocenters. The monoisotopic (exact) mass is 308 g/mol. The van der Waals surface area contributed by atoms with Crippen molar-refractivity contribution in [2.45, 2.75) is 25.4 Å². The van der Waals surface area contributed by atoms with E-state index in [2.05, 4.69) is 20.2 Å². The van der Waals surface area contributed by atoms with Gasteiger partial charge < -0.3 is 10.2 Å². The summed E-state index contributed by atoms with van der Waals surface area (Å²) in [5.74, 6) is -0.251. The van der Waals surface area contributed by atoms with Gasteiger partial charge in [0.2, 0.25) is 5.28 Å². The van der Waals surface area contributed by atoms with E-state index in [9.17, 15) is 13.2 Å². The lowest BCUT2D eigenvalue weighted by atomic mass is 10.3. The predicted octanol–water partition coefficient (Wildman–Crippen LogP) is 3.05. The Kier molecular flexibility index (Phi) is 5.04. The molecule has 1 aliphatic rings. The molecule has 8 heteroatoms. The van der Waals surface area contributed by atoms with Crippen LogP contribution in [-0.2, 0) is 6.18 Å². The fourth-order valence-electron chi connectivity index (χ4n) is 2.22. The number of nitrogens with zero attached hydrogens (tertiary/aromatic N) is 3. The van der Waals surface area contributed by atoms with Crippen LogP contribution in [0.25, 0.3) is 0 Å². The highest BCUT2D eigenvalue weighted by atomic mass is 35.5. The quantitative estimate of drug-likeness (QED) is 0.670. The third-order valence-electron chi connectivity index (χ3n) is 3.21. The van der Waals surface area contributed by atoms with E-state index in [-0.39, 0.29) is 11.1 Å². The lowest BCUT2D eigenvalue weighted by Crippen LogP contribution is -2.23. The topological polar surface area (TPSA) is 41.1 Å². The Morgan fingerprint density at radius 2 is 2.00 bits per heavy atom. The molecule has 2 rings (SSSR count). The summed E-state index contributed by atoms with van der Waals surface area (Å²) in [7, 11) is 0. The fourth-order valence-corrected chi connectivity index (χ4v) is 2.35. The lowest BCUT2D eigenvalue weighted by molar-refractivity contribution is -0.137. The molecule has 20 heavy (non-hydrogen) atoms. The summed E-state index contributed by atoms with van der Waals surface area (Å²) >= 11 is 5.55. The zero-order valence-electron chi connectivity index (χ0n) is 10.9. The van der Waals surface area contributed by atoms with Crippen LogP contribution in [0.15, 0.2) is 6.20 Å². The second kappa shape index (κ2) is 6.58. The van der Waals surface area contributed by atoms with Crippen LogP contribution < -0.4 is 5.32 Å². The normalized spacial score (nSPS) is 16.6. The van der Waals surface area contributed by atoms with Gasteiger partial charge in [-0.25, -0.2) is 9.97 Å². The molecule has 1 aromatic heterocycles. The molecule has 1 aromatic rings. The number of alkyl halides is 3. The largest absolute Gasteiger partial charge is 0.421 e. The predicted molar refractivity (Wildman–Crippen MR) is 70.8 cm³/mol. The molecule has 2 heterocycles. The minimum Gasteiger partial charge on any atom is -0.369 e. The van der Waals surface area contributed by atoms with Gasteiger partial charge in [0.25, 0.3) is 0 Å². The molecule has 0 aromatic carbocycles. The Morgan fingerprint density at radius 3 is 2.65 bits per heavy atom. The standard InChI is InChI=1S/C12H16ClF3N4/c13-11-18-8-9(12(14,15)16)10(19-11)17-4-3-7-20-5-1-2-6-20/h8H,1-7H2,(H,17,18,19). The van der Waals surface area contributed by atoms with Crippen molar-refractivity contribution in [3.63, 3.8) is 0 Å². The van der Waals surface area contributed by atoms with Crippen LogP contribution >= 0.6 is 11.6 Å². The van der Waals surface area contributed by atoms with Crippen LogP contribution in [0, 0.1) is 0 Å². The number of hydrogen-bond donors (Lipinski definition) is 1. The highest BCUT2D eigenvalue weighted by Crippen LogP contribution is 2.33. The van der Waals surface area contributed by atoms with E-state index in [1.165, 1.54) is 12.8 Å². The first-order valence-corrected chi connectivity index (χ1v) is 6.90. The van der Waals surface area contributed by atoms with Gasteiger partial charge in [-0.15, -0.1) is 0 Å². The van der Waals surface area contributed by atoms with E-state index in [1.54, 1.807) is 0 Å². The van der Waals surface area contributed by atoms with Crippen LogP contribution in [0.5, 0.6) is 0 Å². The van der Waals surface area contributed by atoms with E-state index in [0.717, 1.165) is 26.1 Å². The lowest BCUT2D eigenvalue weighted by Gasteiger charge is -2.16. The molecule has 0 saturated carbocycles. The second-order valence-corrected chi connectivity index (χ2v) is 5.07. The SMILES string of the molecule is FC(F)(F)c1cnc(Cl)nc1NCCCN1CCCC1. The first-order valence-electron chi connectivity index (χ1n) is 6.53. The summed E-state index contributed by atoms with van der Waals surface area (Å²) < 4.78 is 38.3. The van der Waals surface area contributed by atoms with Gasteiger partial charge in [0.05, 0.1) is 0 Å². The second-order valence-electron chi connectivity index (χ2n) is 4.73. The summed E-state index contributed by atoms with van der Waals surface area (Å²) in [6.07, 6.45) is -0.612. The van der Waals surface area contributed by atoms with Crippen molar-refractivity contribution in [3.05, 3.63) is 17.0 Å². The van der Waals surface area contributed by atoms with Gasteiger partial charge >= 0.3 is 6.18 Å². The van der Waals surface area contributed by atoms with E-state index in [0.29, 0.717) is 12.7 Å². The summed E-state index contributed by atoms with van der Waals surface area (Å²) in [4.78, 5) is 9.31. The molecule has 1 N–H and O–H groups in total. The first-order chi connectivity index (χ1) is 9.47. The molecule has 0 bridgehead atoms. The van der Waals surface area contributed by atoms with Crippen LogP contribution in [0.3, 0.4) is 0 Å². The Hall–Kier alpha value is -1.08. The van der Waals surface area contributed by atoms with E-state index in [1.807, 2.05) is 0 Å². The zero-order valence-corrected chi connectivity index (χ0v) is 11.6. The average molecular weight is 309 g/mol. The summed E-state index contributed by atoms with van der Waals surface area (Å²) in [5, 5.41) is 2.51. The van der Waals surface area contributed by atoms with E-state index >= 15 is 0 Å². The fraction of sp³-hybridized carbons (Fsp3) is 0.667. The Balaban J connectivity index is 1.89. The van der Waals surface area contributed by atoms with E-state index in [4.69, 9.17) is 11.6 Å². The van der Waals surface area contributed by atoms with Crippen LogP contribution in [-0.4, -0.2) is 41.0 Å². The molecule has 1 aliphatic heterocycles. The van der Waals surface area contributed by atoms with Crippen molar-refractivity contribution in [2.24, 2.45) is 0 Å². The molecule has 0 unspecified atom stereocenters. The molecular formula is C12H16ClF3N4. The van der Waals surface area contributed by atoms with Gasteiger partial charge in [0, 0.05) is 12.7 Å². The Labute approximate surface area is 120 Å². The molecule has 0 amide bonds. The zero-order chi connectivity index (χ0) is 14.6. The van der Waals surface area contributed by atoms with Gasteiger partial charge in [0.15, 0.2) is 0 Å². The number of anilines is 1.